The quantitative estimate of drug-likeness (QED) is 0.439. The van der Waals surface area contributed by atoms with E-state index in [2.05, 4.69) is 26.9 Å². The van der Waals surface area contributed by atoms with E-state index in [1.807, 2.05) is 44.2 Å². The molecule has 9 nitrogen and oxygen atoms in total. The molecule has 4 rings (SSSR count). The summed E-state index contributed by atoms with van der Waals surface area (Å²) in [4.78, 5) is 25.0. The van der Waals surface area contributed by atoms with Crippen molar-refractivity contribution in [2.24, 2.45) is 0 Å². The zero-order valence-electron chi connectivity index (χ0n) is 17.8. The molecule has 0 saturated carbocycles. The maximum atomic E-state index is 12.5. The number of hydrogen-bond donors (Lipinski definition) is 4. The molecular formula is C23H25N5O4. The van der Waals surface area contributed by atoms with Crippen LogP contribution in [0, 0.1) is 13.8 Å². The van der Waals surface area contributed by atoms with E-state index in [1.54, 1.807) is 24.3 Å². The Bertz CT molecular complexity index is 1080. The van der Waals surface area contributed by atoms with Crippen molar-refractivity contribution in [3.8, 4) is 5.75 Å². The standard InChI is InChI=1S/C23H25N5O4/c1-14-19(15(2)32-28-14)13-31-18-10-6-9-17(11-18)22(29)26-27-23(30)21-12-20(24-25-21)16-7-4-3-5-8-16/h3-11,20-21,24-25H,12-13H2,1-2H3,(H,26,29)(H,27,30). The predicted octanol–water partition coefficient (Wildman–Crippen LogP) is 2.24. The van der Waals surface area contributed by atoms with Crippen molar-refractivity contribution in [1.82, 2.24) is 26.9 Å². The van der Waals surface area contributed by atoms with Crippen molar-refractivity contribution in [3.05, 3.63) is 82.7 Å². The van der Waals surface area contributed by atoms with Crippen molar-refractivity contribution in [1.29, 1.82) is 0 Å². The fraction of sp³-hybridized carbons (Fsp3) is 0.261. The maximum Gasteiger partial charge on any atom is 0.269 e. The van der Waals surface area contributed by atoms with E-state index in [4.69, 9.17) is 9.26 Å². The molecule has 1 saturated heterocycles. The molecule has 0 bridgehead atoms. The number of rotatable bonds is 6. The number of amides is 2. The highest BCUT2D eigenvalue weighted by molar-refractivity contribution is 5.96. The molecule has 9 heteroatoms. The number of benzene rings is 2. The van der Waals surface area contributed by atoms with Crippen molar-refractivity contribution >= 4 is 11.8 Å². The average molecular weight is 435 g/mol. The molecule has 2 unspecified atom stereocenters. The number of carbonyl (C=O) groups is 2. The topological polar surface area (TPSA) is 118 Å². The van der Waals surface area contributed by atoms with Crippen LogP contribution in [-0.4, -0.2) is 23.0 Å². The lowest BCUT2D eigenvalue weighted by Crippen LogP contribution is -2.50. The van der Waals surface area contributed by atoms with Gasteiger partial charge >= 0.3 is 0 Å². The van der Waals surface area contributed by atoms with Crippen LogP contribution in [0.25, 0.3) is 0 Å². The minimum absolute atomic E-state index is 0.0224. The summed E-state index contributed by atoms with van der Waals surface area (Å²) in [5, 5.41) is 3.90. The molecule has 3 aromatic rings. The van der Waals surface area contributed by atoms with Gasteiger partial charge in [0.25, 0.3) is 11.8 Å². The van der Waals surface area contributed by atoms with Crippen LogP contribution in [0.4, 0.5) is 0 Å². The van der Waals surface area contributed by atoms with Gasteiger partial charge in [-0.2, -0.15) is 0 Å². The zero-order valence-corrected chi connectivity index (χ0v) is 17.8. The maximum absolute atomic E-state index is 12.5. The Morgan fingerprint density at radius 3 is 2.66 bits per heavy atom. The first-order valence-corrected chi connectivity index (χ1v) is 10.3. The Kier molecular flexibility index (Phi) is 6.48. The van der Waals surface area contributed by atoms with Crippen molar-refractivity contribution < 1.29 is 18.8 Å². The highest BCUT2D eigenvalue weighted by Gasteiger charge is 2.30. The molecule has 1 aliphatic rings. The Hall–Kier alpha value is -3.69. The lowest BCUT2D eigenvalue weighted by atomic mass is 10.0. The third-order valence-electron chi connectivity index (χ3n) is 5.38. The van der Waals surface area contributed by atoms with Gasteiger partial charge in [-0.1, -0.05) is 41.6 Å². The molecule has 2 amide bonds. The summed E-state index contributed by atoms with van der Waals surface area (Å²) in [6.07, 6.45) is 0.566. The second-order valence-electron chi connectivity index (χ2n) is 7.60. The summed E-state index contributed by atoms with van der Waals surface area (Å²) in [6.45, 7) is 3.95. The number of aromatic nitrogens is 1. The van der Waals surface area contributed by atoms with Gasteiger partial charge in [-0.15, -0.1) is 0 Å². The highest BCUT2D eigenvalue weighted by atomic mass is 16.5. The fourth-order valence-electron chi connectivity index (χ4n) is 3.50. The molecule has 2 atom stereocenters. The minimum atomic E-state index is -0.467. The Labute approximate surface area is 185 Å². The van der Waals surface area contributed by atoms with E-state index in [9.17, 15) is 9.59 Å². The third-order valence-corrected chi connectivity index (χ3v) is 5.38. The number of hydrazine groups is 2. The molecule has 0 aliphatic carbocycles. The summed E-state index contributed by atoms with van der Waals surface area (Å²) in [5.74, 6) is 0.460. The largest absolute Gasteiger partial charge is 0.489 e. The summed E-state index contributed by atoms with van der Waals surface area (Å²) in [5.41, 5.74) is 14.1. The lowest BCUT2D eigenvalue weighted by Gasteiger charge is -2.12. The third kappa shape index (κ3) is 4.96. The van der Waals surface area contributed by atoms with Crippen LogP contribution in [0.3, 0.4) is 0 Å². The molecule has 1 aromatic heterocycles. The second-order valence-corrected chi connectivity index (χ2v) is 7.60. The number of aryl methyl sites for hydroxylation is 2. The molecule has 166 valence electrons. The van der Waals surface area contributed by atoms with E-state index in [0.717, 1.165) is 16.8 Å². The van der Waals surface area contributed by atoms with Crippen LogP contribution >= 0.6 is 0 Å². The van der Waals surface area contributed by atoms with Gasteiger partial charge in [-0.25, -0.2) is 10.9 Å². The van der Waals surface area contributed by atoms with Crippen molar-refractivity contribution in [2.45, 2.75) is 39.0 Å². The van der Waals surface area contributed by atoms with Crippen LogP contribution in [0.15, 0.2) is 59.1 Å². The van der Waals surface area contributed by atoms with Crippen molar-refractivity contribution in [3.63, 3.8) is 0 Å². The van der Waals surface area contributed by atoms with E-state index < -0.39 is 11.9 Å². The Morgan fingerprint density at radius 1 is 1.09 bits per heavy atom. The van der Waals surface area contributed by atoms with E-state index in [1.165, 1.54) is 0 Å². The molecule has 2 heterocycles. The summed E-state index contributed by atoms with van der Waals surface area (Å²) < 4.78 is 10.9. The van der Waals surface area contributed by atoms with Crippen molar-refractivity contribution in [2.75, 3.05) is 0 Å². The van der Waals surface area contributed by atoms with Crippen LogP contribution in [0.5, 0.6) is 5.75 Å². The molecular weight excluding hydrogens is 410 g/mol. The van der Waals surface area contributed by atoms with Gasteiger partial charge in [0.05, 0.1) is 11.3 Å². The van der Waals surface area contributed by atoms with Gasteiger partial charge in [0.2, 0.25) is 0 Å². The smallest absolute Gasteiger partial charge is 0.269 e. The zero-order chi connectivity index (χ0) is 22.5. The number of carbonyl (C=O) groups excluding carboxylic acids is 2. The van der Waals surface area contributed by atoms with E-state index in [0.29, 0.717) is 23.5 Å². The first kappa shape index (κ1) is 21.5. The molecule has 0 spiro atoms. The normalized spacial score (nSPS) is 17.7. The van der Waals surface area contributed by atoms with Gasteiger partial charge in [0, 0.05) is 11.6 Å². The number of ether oxygens (including phenoxy) is 1. The molecule has 32 heavy (non-hydrogen) atoms. The molecule has 2 aromatic carbocycles. The fourth-order valence-corrected chi connectivity index (χ4v) is 3.50. The van der Waals surface area contributed by atoms with Crippen LogP contribution < -0.4 is 26.4 Å². The summed E-state index contributed by atoms with van der Waals surface area (Å²) in [7, 11) is 0. The second kappa shape index (κ2) is 9.63. The summed E-state index contributed by atoms with van der Waals surface area (Å²) >= 11 is 0. The molecule has 1 fully saturated rings. The Balaban J connectivity index is 1.28. The van der Waals surface area contributed by atoms with E-state index in [-0.39, 0.29) is 18.6 Å². The van der Waals surface area contributed by atoms with E-state index >= 15 is 0 Å². The van der Waals surface area contributed by atoms with Crippen LogP contribution in [0.2, 0.25) is 0 Å². The monoisotopic (exact) mass is 435 g/mol. The van der Waals surface area contributed by atoms with Gasteiger partial charge in [-0.05, 0) is 44.0 Å². The lowest BCUT2D eigenvalue weighted by molar-refractivity contribution is -0.123. The minimum Gasteiger partial charge on any atom is -0.489 e. The highest BCUT2D eigenvalue weighted by Crippen LogP contribution is 2.22. The molecule has 0 radical (unpaired) electrons. The van der Waals surface area contributed by atoms with Crippen LogP contribution in [-0.2, 0) is 11.4 Å². The molecule has 4 N–H and O–H groups in total. The first-order chi connectivity index (χ1) is 15.5. The number of nitrogens with one attached hydrogen (secondary N) is 4. The van der Waals surface area contributed by atoms with Gasteiger partial charge in [-0.3, -0.25) is 20.4 Å². The predicted molar refractivity (Wildman–Crippen MR) is 116 cm³/mol. The number of nitrogens with zero attached hydrogens (tertiary/aromatic N) is 1. The van der Waals surface area contributed by atoms with Crippen LogP contribution in [0.1, 0.15) is 45.4 Å². The van der Waals surface area contributed by atoms with Gasteiger partial charge in [0.1, 0.15) is 24.2 Å². The average Bonchev–Trinajstić information content (AvgIpc) is 3.44. The molecule has 1 aliphatic heterocycles. The van der Waals surface area contributed by atoms with Gasteiger partial charge < -0.3 is 9.26 Å². The first-order valence-electron chi connectivity index (χ1n) is 10.3. The number of hydrogen-bond acceptors (Lipinski definition) is 7. The SMILES string of the molecule is Cc1noc(C)c1COc1cccc(C(=O)NNC(=O)C2CC(c3ccccc3)NN2)c1. The summed E-state index contributed by atoms with van der Waals surface area (Å²) in [6, 6.07) is 16.1. The Morgan fingerprint density at radius 2 is 1.91 bits per heavy atom. The van der Waals surface area contributed by atoms with Gasteiger partial charge in [0.15, 0.2) is 0 Å².